The number of methoxy groups -OCH3 is 1. The summed E-state index contributed by atoms with van der Waals surface area (Å²) in [5.41, 5.74) is 0.772. The van der Waals surface area contributed by atoms with Crippen molar-refractivity contribution in [3.63, 3.8) is 0 Å². The van der Waals surface area contributed by atoms with Gasteiger partial charge in [-0.2, -0.15) is 0 Å². The average molecular weight is 467 g/mol. The van der Waals surface area contributed by atoms with E-state index >= 15 is 0 Å². The number of nitrogens with zero attached hydrogens (tertiary/aromatic N) is 4. The van der Waals surface area contributed by atoms with Crippen molar-refractivity contribution >= 4 is 25.6 Å². The van der Waals surface area contributed by atoms with Gasteiger partial charge in [-0.1, -0.05) is 6.07 Å². The van der Waals surface area contributed by atoms with Gasteiger partial charge in [0, 0.05) is 44.6 Å². The molecule has 168 valence electrons. The van der Waals surface area contributed by atoms with Crippen molar-refractivity contribution in [2.24, 2.45) is 0 Å². The van der Waals surface area contributed by atoms with E-state index in [2.05, 4.69) is 9.97 Å². The molecule has 0 saturated carbocycles. The number of sulfone groups is 2. The number of aromatic nitrogens is 2. The van der Waals surface area contributed by atoms with Crippen LogP contribution in [0, 0.1) is 6.92 Å². The van der Waals surface area contributed by atoms with E-state index in [1.54, 1.807) is 43.6 Å². The second-order valence-electron chi connectivity index (χ2n) is 7.95. The van der Waals surface area contributed by atoms with E-state index in [1.165, 1.54) is 7.11 Å². The van der Waals surface area contributed by atoms with Crippen LogP contribution in [-0.2, 0) is 19.7 Å². The second-order valence-corrected chi connectivity index (χ2v) is 12.2. The molecule has 0 amide bonds. The van der Waals surface area contributed by atoms with Crippen LogP contribution >= 0.6 is 0 Å². The molecule has 2 atom stereocenters. The fourth-order valence-electron chi connectivity index (χ4n) is 4.31. The summed E-state index contributed by atoms with van der Waals surface area (Å²) in [6.07, 6.45) is 3.35. The highest BCUT2D eigenvalue weighted by Crippen LogP contribution is 2.34. The Morgan fingerprint density at radius 1 is 1.06 bits per heavy atom. The molecular weight excluding hydrogens is 440 g/mol. The third-order valence-corrected chi connectivity index (χ3v) is 10.1. The molecule has 0 N–H and O–H groups in total. The molecular formula is C20H26N4O5S2. The first kappa shape index (κ1) is 22.0. The number of benzene rings is 1. The summed E-state index contributed by atoms with van der Waals surface area (Å²) in [7, 11) is -5.99. The molecule has 3 heterocycles. The minimum absolute atomic E-state index is 0.0541. The van der Waals surface area contributed by atoms with Crippen LogP contribution in [-0.4, -0.2) is 87.8 Å². The van der Waals surface area contributed by atoms with E-state index in [4.69, 9.17) is 4.74 Å². The van der Waals surface area contributed by atoms with Crippen LogP contribution in [0.1, 0.15) is 5.56 Å². The number of anilines is 1. The van der Waals surface area contributed by atoms with Gasteiger partial charge in [-0.15, -0.1) is 0 Å². The smallest absolute Gasteiger partial charge is 0.225 e. The van der Waals surface area contributed by atoms with Crippen LogP contribution in [0.4, 0.5) is 5.95 Å². The van der Waals surface area contributed by atoms with Crippen LogP contribution in [0.3, 0.4) is 0 Å². The van der Waals surface area contributed by atoms with Gasteiger partial charge >= 0.3 is 0 Å². The van der Waals surface area contributed by atoms with E-state index in [1.807, 2.05) is 9.80 Å². The Morgan fingerprint density at radius 2 is 1.74 bits per heavy atom. The molecule has 0 bridgehead atoms. The lowest BCUT2D eigenvalue weighted by molar-refractivity contribution is 0.201. The van der Waals surface area contributed by atoms with Crippen molar-refractivity contribution < 1.29 is 21.6 Å². The quantitative estimate of drug-likeness (QED) is 0.624. The van der Waals surface area contributed by atoms with Gasteiger partial charge in [-0.25, -0.2) is 26.8 Å². The lowest BCUT2D eigenvalue weighted by Crippen LogP contribution is -2.55. The Labute approximate surface area is 182 Å². The predicted molar refractivity (Wildman–Crippen MR) is 117 cm³/mol. The van der Waals surface area contributed by atoms with Gasteiger partial charge in [0.25, 0.3) is 0 Å². The SMILES string of the molecule is COc1ccc(C)cc1S(=O)(=O)[C@H]1CS(=O)(=O)C[C@H]1N1CCN(c2ncccn2)CC1. The van der Waals surface area contributed by atoms with Gasteiger partial charge in [-0.05, 0) is 30.7 Å². The largest absolute Gasteiger partial charge is 0.495 e. The number of hydrogen-bond acceptors (Lipinski definition) is 9. The van der Waals surface area contributed by atoms with Crippen molar-refractivity contribution in [2.45, 2.75) is 23.1 Å². The fourth-order valence-corrected chi connectivity index (χ4v) is 9.38. The van der Waals surface area contributed by atoms with E-state index in [-0.39, 0.29) is 22.2 Å². The van der Waals surface area contributed by atoms with Crippen molar-refractivity contribution in [1.82, 2.24) is 14.9 Å². The third kappa shape index (κ3) is 4.39. The maximum absolute atomic E-state index is 13.6. The van der Waals surface area contributed by atoms with Gasteiger partial charge in [0.15, 0.2) is 19.7 Å². The summed E-state index contributed by atoms with van der Waals surface area (Å²) in [5, 5.41) is -1.03. The van der Waals surface area contributed by atoms with E-state index in [0.717, 1.165) is 5.56 Å². The summed E-state index contributed by atoms with van der Waals surface area (Å²) in [6, 6.07) is 6.09. The highest BCUT2D eigenvalue weighted by atomic mass is 32.2. The molecule has 2 fully saturated rings. The Hall–Kier alpha value is -2.24. The molecule has 2 saturated heterocycles. The molecule has 0 unspecified atom stereocenters. The lowest BCUT2D eigenvalue weighted by atomic mass is 10.2. The number of ether oxygens (including phenoxy) is 1. The van der Waals surface area contributed by atoms with Crippen LogP contribution in [0.2, 0.25) is 0 Å². The fraction of sp³-hybridized carbons (Fsp3) is 0.500. The molecule has 0 aliphatic carbocycles. The first-order chi connectivity index (χ1) is 14.7. The zero-order valence-corrected chi connectivity index (χ0v) is 19.1. The van der Waals surface area contributed by atoms with Crippen LogP contribution < -0.4 is 9.64 Å². The minimum atomic E-state index is -3.92. The van der Waals surface area contributed by atoms with E-state index < -0.39 is 31.0 Å². The average Bonchev–Trinajstić information content (AvgIpc) is 3.11. The van der Waals surface area contributed by atoms with Crippen molar-refractivity contribution in [3.05, 3.63) is 42.2 Å². The van der Waals surface area contributed by atoms with Crippen LogP contribution in [0.25, 0.3) is 0 Å². The summed E-state index contributed by atoms with van der Waals surface area (Å²) in [6.45, 7) is 4.07. The van der Waals surface area contributed by atoms with Gasteiger partial charge in [0.1, 0.15) is 10.6 Å². The summed E-state index contributed by atoms with van der Waals surface area (Å²) >= 11 is 0. The van der Waals surface area contributed by atoms with Crippen LogP contribution in [0.5, 0.6) is 5.75 Å². The minimum Gasteiger partial charge on any atom is -0.495 e. The van der Waals surface area contributed by atoms with Gasteiger partial charge in [-0.3, -0.25) is 4.90 Å². The Balaban J connectivity index is 1.60. The zero-order chi connectivity index (χ0) is 22.2. The normalized spacial score (nSPS) is 24.3. The molecule has 0 radical (unpaired) electrons. The molecule has 31 heavy (non-hydrogen) atoms. The maximum atomic E-state index is 13.6. The van der Waals surface area contributed by atoms with Gasteiger partial charge in [0.05, 0.1) is 23.9 Å². The molecule has 11 heteroatoms. The Kier molecular flexibility index (Phi) is 5.93. The number of hydrogen-bond donors (Lipinski definition) is 0. The summed E-state index contributed by atoms with van der Waals surface area (Å²) in [5.74, 6) is 0.320. The van der Waals surface area contributed by atoms with Crippen molar-refractivity contribution in [1.29, 1.82) is 0 Å². The van der Waals surface area contributed by atoms with Crippen molar-refractivity contribution in [3.8, 4) is 5.75 Å². The van der Waals surface area contributed by atoms with Crippen LogP contribution in [0.15, 0.2) is 41.6 Å². The summed E-state index contributed by atoms with van der Waals surface area (Å²) in [4.78, 5) is 12.6. The third-order valence-electron chi connectivity index (χ3n) is 5.91. The second kappa shape index (κ2) is 8.36. The Bertz CT molecular complexity index is 1150. The topological polar surface area (TPSA) is 110 Å². The number of piperazine rings is 1. The Morgan fingerprint density at radius 3 is 2.39 bits per heavy atom. The predicted octanol–water partition coefficient (Wildman–Crippen LogP) is 0.555. The lowest BCUT2D eigenvalue weighted by Gasteiger charge is -2.39. The zero-order valence-electron chi connectivity index (χ0n) is 17.5. The highest BCUT2D eigenvalue weighted by Gasteiger charge is 2.49. The molecule has 1 aromatic carbocycles. The molecule has 1 aromatic heterocycles. The molecule has 4 rings (SSSR count). The van der Waals surface area contributed by atoms with E-state index in [9.17, 15) is 16.8 Å². The molecule has 2 aromatic rings. The maximum Gasteiger partial charge on any atom is 0.225 e. The number of rotatable bonds is 5. The monoisotopic (exact) mass is 466 g/mol. The summed E-state index contributed by atoms with van der Waals surface area (Å²) < 4.78 is 57.5. The van der Waals surface area contributed by atoms with E-state index in [0.29, 0.717) is 32.1 Å². The van der Waals surface area contributed by atoms with Gasteiger partial charge in [0.2, 0.25) is 5.95 Å². The number of aryl methyl sites for hydroxylation is 1. The molecule has 2 aliphatic rings. The highest BCUT2D eigenvalue weighted by molar-refractivity contribution is 7.96. The first-order valence-corrected chi connectivity index (χ1v) is 13.4. The van der Waals surface area contributed by atoms with Gasteiger partial charge < -0.3 is 9.64 Å². The standard InChI is InChI=1S/C20H26N4O5S2/c1-15-4-5-17(29-2)18(12-15)31(27,28)19-14-30(25,26)13-16(19)23-8-10-24(11-9-23)20-21-6-3-7-22-20/h3-7,12,16,19H,8-11,13-14H2,1-2H3/t16-,19+/m1/s1. The molecule has 0 spiro atoms. The molecule has 2 aliphatic heterocycles. The first-order valence-electron chi connectivity index (χ1n) is 10.1. The van der Waals surface area contributed by atoms with Crippen molar-refractivity contribution in [2.75, 3.05) is 49.7 Å². The molecule has 9 nitrogen and oxygen atoms in total.